The van der Waals surface area contributed by atoms with Crippen LogP contribution in [0.3, 0.4) is 0 Å². The Morgan fingerprint density at radius 2 is 1.74 bits per heavy atom. The molecule has 0 aliphatic rings. The Morgan fingerprint density at radius 3 is 2.43 bits per heavy atom. The second-order valence-corrected chi connectivity index (χ2v) is 5.93. The van der Waals surface area contributed by atoms with Gasteiger partial charge in [-0.15, -0.1) is 0 Å². The first-order valence-corrected chi connectivity index (χ1v) is 8.10. The first-order chi connectivity index (χ1) is 11.2. The highest BCUT2D eigenvalue weighted by atomic mass is 15.1. The number of benzene rings is 2. The van der Waals surface area contributed by atoms with Crippen LogP contribution in [-0.2, 0) is 6.54 Å². The zero-order chi connectivity index (χ0) is 16.2. The SMILES string of the molecule is CCCn1c(C=Cc2ccc(N(C)C)cc2)nc2ccccc21. The summed E-state index contributed by atoms with van der Waals surface area (Å²) in [7, 11) is 4.11. The van der Waals surface area contributed by atoms with Crippen LogP contribution in [0.25, 0.3) is 23.2 Å². The molecule has 0 spiro atoms. The first kappa shape index (κ1) is 15.3. The molecule has 0 saturated heterocycles. The van der Waals surface area contributed by atoms with Crippen molar-refractivity contribution in [2.75, 3.05) is 19.0 Å². The Balaban J connectivity index is 1.92. The summed E-state index contributed by atoms with van der Waals surface area (Å²) >= 11 is 0. The van der Waals surface area contributed by atoms with Gasteiger partial charge >= 0.3 is 0 Å². The zero-order valence-corrected chi connectivity index (χ0v) is 14.0. The largest absolute Gasteiger partial charge is 0.378 e. The lowest BCUT2D eigenvalue weighted by Gasteiger charge is -2.11. The quantitative estimate of drug-likeness (QED) is 0.682. The minimum Gasteiger partial charge on any atom is -0.378 e. The maximum absolute atomic E-state index is 4.76. The Bertz CT molecular complexity index is 811. The lowest BCUT2D eigenvalue weighted by molar-refractivity contribution is 0.691. The smallest absolute Gasteiger partial charge is 0.133 e. The van der Waals surface area contributed by atoms with Gasteiger partial charge in [0, 0.05) is 26.3 Å². The van der Waals surface area contributed by atoms with Crippen molar-refractivity contribution in [3.63, 3.8) is 0 Å². The van der Waals surface area contributed by atoms with Crippen LogP contribution in [0.2, 0.25) is 0 Å². The van der Waals surface area contributed by atoms with Gasteiger partial charge in [0.2, 0.25) is 0 Å². The molecule has 3 rings (SSSR count). The molecular formula is C20H23N3. The van der Waals surface area contributed by atoms with Crippen molar-refractivity contribution < 1.29 is 0 Å². The first-order valence-electron chi connectivity index (χ1n) is 8.10. The van der Waals surface area contributed by atoms with Crippen molar-refractivity contribution in [3.8, 4) is 0 Å². The molecule has 0 unspecified atom stereocenters. The van der Waals surface area contributed by atoms with E-state index in [-0.39, 0.29) is 0 Å². The van der Waals surface area contributed by atoms with Gasteiger partial charge in [-0.05, 0) is 42.3 Å². The third kappa shape index (κ3) is 3.29. The van der Waals surface area contributed by atoms with E-state index in [1.54, 1.807) is 0 Å². The average molecular weight is 305 g/mol. The summed E-state index contributed by atoms with van der Waals surface area (Å²) in [6, 6.07) is 16.9. The monoisotopic (exact) mass is 305 g/mol. The van der Waals surface area contributed by atoms with E-state index in [1.807, 2.05) is 6.07 Å². The van der Waals surface area contributed by atoms with Crippen molar-refractivity contribution in [2.45, 2.75) is 19.9 Å². The summed E-state index contributed by atoms with van der Waals surface area (Å²) in [5.74, 6) is 1.02. The van der Waals surface area contributed by atoms with E-state index in [2.05, 4.69) is 85.1 Å². The third-order valence-electron chi connectivity index (χ3n) is 3.97. The third-order valence-corrected chi connectivity index (χ3v) is 3.97. The fourth-order valence-corrected chi connectivity index (χ4v) is 2.73. The van der Waals surface area contributed by atoms with Gasteiger partial charge in [-0.3, -0.25) is 0 Å². The maximum Gasteiger partial charge on any atom is 0.133 e. The molecule has 0 bridgehead atoms. The molecule has 1 heterocycles. The standard InChI is InChI=1S/C20H23N3/c1-4-15-23-19-8-6-5-7-18(19)21-20(23)14-11-16-9-12-17(13-10-16)22(2)3/h5-14H,4,15H2,1-3H3. The van der Waals surface area contributed by atoms with Crippen molar-refractivity contribution in [3.05, 3.63) is 59.9 Å². The van der Waals surface area contributed by atoms with Gasteiger partial charge in [-0.25, -0.2) is 4.98 Å². The highest BCUT2D eigenvalue weighted by Gasteiger charge is 2.06. The number of rotatable bonds is 5. The van der Waals surface area contributed by atoms with E-state index in [0.29, 0.717) is 0 Å². The number of fused-ring (bicyclic) bond motifs is 1. The average Bonchev–Trinajstić information content (AvgIpc) is 2.92. The van der Waals surface area contributed by atoms with Crippen molar-refractivity contribution in [2.24, 2.45) is 0 Å². The van der Waals surface area contributed by atoms with Gasteiger partial charge in [-0.2, -0.15) is 0 Å². The Labute approximate surface area is 137 Å². The van der Waals surface area contributed by atoms with E-state index in [9.17, 15) is 0 Å². The van der Waals surface area contributed by atoms with Crippen molar-refractivity contribution in [1.82, 2.24) is 9.55 Å². The summed E-state index contributed by atoms with van der Waals surface area (Å²) in [5, 5.41) is 0. The lowest BCUT2D eigenvalue weighted by atomic mass is 10.2. The molecule has 118 valence electrons. The molecule has 0 aliphatic heterocycles. The predicted molar refractivity (Wildman–Crippen MR) is 99.7 cm³/mol. The summed E-state index contributed by atoms with van der Waals surface area (Å²) in [6.07, 6.45) is 5.34. The summed E-state index contributed by atoms with van der Waals surface area (Å²) in [6.45, 7) is 3.18. The fraction of sp³-hybridized carbons (Fsp3) is 0.250. The molecule has 0 saturated carbocycles. The lowest BCUT2D eigenvalue weighted by Crippen LogP contribution is -2.07. The van der Waals surface area contributed by atoms with E-state index < -0.39 is 0 Å². The fourth-order valence-electron chi connectivity index (χ4n) is 2.73. The van der Waals surface area contributed by atoms with Crippen LogP contribution in [-0.4, -0.2) is 23.6 Å². The summed E-state index contributed by atoms with van der Waals surface area (Å²) in [5.41, 5.74) is 4.66. The molecule has 3 aromatic rings. The molecule has 0 N–H and O–H groups in total. The highest BCUT2D eigenvalue weighted by Crippen LogP contribution is 2.19. The predicted octanol–water partition coefficient (Wildman–Crippen LogP) is 4.68. The van der Waals surface area contributed by atoms with Gasteiger partial charge in [-0.1, -0.05) is 37.3 Å². The van der Waals surface area contributed by atoms with Gasteiger partial charge in [0.1, 0.15) is 5.82 Å². The van der Waals surface area contributed by atoms with Gasteiger partial charge < -0.3 is 9.47 Å². The second kappa shape index (κ2) is 6.69. The van der Waals surface area contributed by atoms with Gasteiger partial charge in [0.05, 0.1) is 11.0 Å². The van der Waals surface area contributed by atoms with E-state index in [1.165, 1.54) is 16.8 Å². The Hall–Kier alpha value is -2.55. The number of para-hydroxylation sites is 2. The number of imidazole rings is 1. The molecule has 1 aromatic heterocycles. The Morgan fingerprint density at radius 1 is 1.00 bits per heavy atom. The van der Waals surface area contributed by atoms with E-state index in [4.69, 9.17) is 4.98 Å². The highest BCUT2D eigenvalue weighted by molar-refractivity contribution is 5.80. The summed E-state index contributed by atoms with van der Waals surface area (Å²) in [4.78, 5) is 6.87. The minimum atomic E-state index is 0.986. The maximum atomic E-state index is 4.76. The van der Waals surface area contributed by atoms with Crippen LogP contribution in [0.4, 0.5) is 5.69 Å². The molecule has 0 radical (unpaired) electrons. The second-order valence-electron chi connectivity index (χ2n) is 5.93. The summed E-state index contributed by atoms with van der Waals surface area (Å²) < 4.78 is 2.29. The van der Waals surface area contributed by atoms with Crippen LogP contribution < -0.4 is 4.90 Å². The van der Waals surface area contributed by atoms with Crippen LogP contribution in [0.15, 0.2) is 48.5 Å². The molecule has 3 nitrogen and oxygen atoms in total. The van der Waals surface area contributed by atoms with Crippen LogP contribution in [0.1, 0.15) is 24.7 Å². The van der Waals surface area contributed by atoms with Crippen LogP contribution in [0.5, 0.6) is 0 Å². The molecule has 0 aliphatic carbocycles. The number of aromatic nitrogens is 2. The molecular weight excluding hydrogens is 282 g/mol. The number of aryl methyl sites for hydroxylation is 1. The molecule has 3 heteroatoms. The topological polar surface area (TPSA) is 21.1 Å². The molecule has 0 atom stereocenters. The van der Waals surface area contributed by atoms with Crippen LogP contribution >= 0.6 is 0 Å². The van der Waals surface area contributed by atoms with E-state index in [0.717, 1.165) is 24.3 Å². The van der Waals surface area contributed by atoms with E-state index >= 15 is 0 Å². The number of hydrogen-bond donors (Lipinski definition) is 0. The molecule has 0 fully saturated rings. The normalized spacial score (nSPS) is 11.4. The molecule has 0 amide bonds. The van der Waals surface area contributed by atoms with Crippen molar-refractivity contribution in [1.29, 1.82) is 0 Å². The zero-order valence-electron chi connectivity index (χ0n) is 14.0. The number of nitrogens with zero attached hydrogens (tertiary/aromatic N) is 3. The van der Waals surface area contributed by atoms with Gasteiger partial charge in [0.25, 0.3) is 0 Å². The molecule has 23 heavy (non-hydrogen) atoms. The number of hydrogen-bond acceptors (Lipinski definition) is 2. The van der Waals surface area contributed by atoms with Gasteiger partial charge in [0.15, 0.2) is 0 Å². The minimum absolute atomic E-state index is 0.986. The Kier molecular flexibility index (Phi) is 4.47. The van der Waals surface area contributed by atoms with Crippen LogP contribution in [0, 0.1) is 0 Å². The van der Waals surface area contributed by atoms with Crippen molar-refractivity contribution >= 4 is 28.9 Å². The molecule has 2 aromatic carbocycles. The number of anilines is 1.